The third-order valence-corrected chi connectivity index (χ3v) is 5.22. The molecule has 1 atom stereocenters. The van der Waals surface area contributed by atoms with E-state index in [0.717, 1.165) is 11.4 Å². The van der Waals surface area contributed by atoms with Crippen molar-refractivity contribution in [2.75, 3.05) is 0 Å². The molecule has 1 aromatic carbocycles. The van der Waals surface area contributed by atoms with Crippen molar-refractivity contribution in [1.29, 1.82) is 0 Å². The first-order chi connectivity index (χ1) is 9.76. The van der Waals surface area contributed by atoms with E-state index in [1.807, 2.05) is 18.3 Å². The van der Waals surface area contributed by atoms with Crippen LogP contribution in [0.5, 0.6) is 0 Å². The van der Waals surface area contributed by atoms with E-state index in [1.165, 1.54) is 23.4 Å². The lowest BCUT2D eigenvalue weighted by molar-refractivity contribution is 0.262. The van der Waals surface area contributed by atoms with Gasteiger partial charge >= 0.3 is 0 Å². The summed E-state index contributed by atoms with van der Waals surface area (Å²) in [7, 11) is 0. The van der Waals surface area contributed by atoms with Crippen LogP contribution in [0, 0.1) is 0 Å². The Hall–Kier alpha value is -0.900. The van der Waals surface area contributed by atoms with Crippen molar-refractivity contribution >= 4 is 22.9 Å². The SMILES string of the molecule is CCC(NC1CC(c2ccc(Cl)cc2)C1)c1nccs1. The van der Waals surface area contributed by atoms with Gasteiger partial charge in [0, 0.05) is 22.6 Å². The van der Waals surface area contributed by atoms with Crippen LogP contribution in [-0.4, -0.2) is 11.0 Å². The Morgan fingerprint density at radius 1 is 1.35 bits per heavy atom. The number of hydrogen-bond acceptors (Lipinski definition) is 3. The van der Waals surface area contributed by atoms with E-state index in [2.05, 4.69) is 34.7 Å². The summed E-state index contributed by atoms with van der Waals surface area (Å²) in [6, 6.07) is 9.31. The Labute approximate surface area is 129 Å². The Balaban J connectivity index is 1.54. The number of nitrogens with one attached hydrogen (secondary N) is 1. The molecule has 1 aliphatic rings. The Kier molecular flexibility index (Phi) is 4.39. The molecule has 2 nitrogen and oxygen atoms in total. The van der Waals surface area contributed by atoms with Crippen LogP contribution >= 0.6 is 22.9 Å². The van der Waals surface area contributed by atoms with Gasteiger partial charge in [0.2, 0.25) is 0 Å². The monoisotopic (exact) mass is 306 g/mol. The Morgan fingerprint density at radius 2 is 2.10 bits per heavy atom. The second-order valence-electron chi connectivity index (χ2n) is 5.41. The molecule has 2 aromatic rings. The number of hydrogen-bond donors (Lipinski definition) is 1. The zero-order valence-electron chi connectivity index (χ0n) is 11.6. The molecule has 3 rings (SSSR count). The standard InChI is InChI=1S/C16H19ClN2S/c1-2-15(16-18-7-8-20-16)19-14-9-12(10-14)11-3-5-13(17)6-4-11/h3-8,12,14-15,19H,2,9-10H2,1H3. The van der Waals surface area contributed by atoms with E-state index in [4.69, 9.17) is 11.6 Å². The van der Waals surface area contributed by atoms with Gasteiger partial charge in [-0.05, 0) is 42.9 Å². The van der Waals surface area contributed by atoms with Crippen LogP contribution in [0.25, 0.3) is 0 Å². The molecule has 0 aliphatic heterocycles. The Bertz CT molecular complexity index is 532. The van der Waals surface area contributed by atoms with Gasteiger partial charge in [0.25, 0.3) is 0 Å². The van der Waals surface area contributed by atoms with Gasteiger partial charge in [-0.1, -0.05) is 30.7 Å². The molecule has 1 aliphatic carbocycles. The second-order valence-corrected chi connectivity index (χ2v) is 6.78. The predicted molar refractivity (Wildman–Crippen MR) is 85.5 cm³/mol. The zero-order valence-corrected chi connectivity index (χ0v) is 13.1. The molecule has 0 amide bonds. The van der Waals surface area contributed by atoms with E-state index in [-0.39, 0.29) is 0 Å². The van der Waals surface area contributed by atoms with Crippen LogP contribution in [0.4, 0.5) is 0 Å². The highest BCUT2D eigenvalue weighted by molar-refractivity contribution is 7.09. The van der Waals surface area contributed by atoms with Gasteiger partial charge in [0.15, 0.2) is 0 Å². The number of halogens is 1. The maximum atomic E-state index is 5.93. The summed E-state index contributed by atoms with van der Waals surface area (Å²) >= 11 is 7.68. The van der Waals surface area contributed by atoms with E-state index >= 15 is 0 Å². The highest BCUT2D eigenvalue weighted by atomic mass is 35.5. The molecule has 20 heavy (non-hydrogen) atoms. The summed E-state index contributed by atoms with van der Waals surface area (Å²) in [5.74, 6) is 0.679. The molecule has 1 N–H and O–H groups in total. The van der Waals surface area contributed by atoms with E-state index in [1.54, 1.807) is 11.3 Å². The molecule has 1 fully saturated rings. The molecule has 1 saturated carbocycles. The average Bonchev–Trinajstić information content (AvgIpc) is 2.93. The maximum absolute atomic E-state index is 5.93. The van der Waals surface area contributed by atoms with Gasteiger partial charge in [-0.25, -0.2) is 4.98 Å². The molecular formula is C16H19ClN2S. The summed E-state index contributed by atoms with van der Waals surface area (Å²) in [6.45, 7) is 2.22. The Morgan fingerprint density at radius 3 is 2.70 bits per heavy atom. The lowest BCUT2D eigenvalue weighted by Crippen LogP contribution is -2.41. The average molecular weight is 307 g/mol. The molecule has 0 spiro atoms. The summed E-state index contributed by atoms with van der Waals surface area (Å²) in [5, 5.41) is 7.82. The summed E-state index contributed by atoms with van der Waals surface area (Å²) in [6.07, 6.45) is 5.41. The van der Waals surface area contributed by atoms with Crippen molar-refractivity contribution in [2.24, 2.45) is 0 Å². The predicted octanol–water partition coefficient (Wildman–Crippen LogP) is 4.78. The van der Waals surface area contributed by atoms with E-state index in [9.17, 15) is 0 Å². The highest BCUT2D eigenvalue weighted by Gasteiger charge is 2.31. The summed E-state index contributed by atoms with van der Waals surface area (Å²) in [5.41, 5.74) is 1.41. The highest BCUT2D eigenvalue weighted by Crippen LogP contribution is 2.38. The number of thiazole rings is 1. The van der Waals surface area contributed by atoms with Gasteiger partial charge in [0.05, 0.1) is 6.04 Å². The van der Waals surface area contributed by atoms with Crippen molar-refractivity contribution in [3.8, 4) is 0 Å². The molecule has 1 aromatic heterocycles. The molecule has 1 unspecified atom stereocenters. The van der Waals surface area contributed by atoms with Crippen LogP contribution in [0.15, 0.2) is 35.8 Å². The molecule has 0 saturated heterocycles. The largest absolute Gasteiger partial charge is 0.305 e. The number of rotatable bonds is 5. The van der Waals surface area contributed by atoms with E-state index in [0.29, 0.717) is 18.0 Å². The maximum Gasteiger partial charge on any atom is 0.109 e. The van der Waals surface area contributed by atoms with Crippen LogP contribution < -0.4 is 5.32 Å². The van der Waals surface area contributed by atoms with Crippen LogP contribution in [0.3, 0.4) is 0 Å². The van der Waals surface area contributed by atoms with Crippen LogP contribution in [-0.2, 0) is 0 Å². The van der Waals surface area contributed by atoms with Crippen LogP contribution in [0.2, 0.25) is 5.02 Å². The molecule has 1 heterocycles. The van der Waals surface area contributed by atoms with Gasteiger partial charge in [-0.3, -0.25) is 0 Å². The van der Waals surface area contributed by atoms with Gasteiger partial charge in [-0.2, -0.15) is 0 Å². The fourth-order valence-corrected chi connectivity index (χ4v) is 3.72. The fourth-order valence-electron chi connectivity index (χ4n) is 2.82. The molecule has 106 valence electrons. The topological polar surface area (TPSA) is 24.9 Å². The molecule has 4 heteroatoms. The molecule has 0 radical (unpaired) electrons. The minimum atomic E-state index is 0.408. The lowest BCUT2D eigenvalue weighted by Gasteiger charge is -2.38. The molecule has 0 bridgehead atoms. The van der Waals surface area contributed by atoms with E-state index < -0.39 is 0 Å². The quantitative estimate of drug-likeness (QED) is 0.859. The smallest absolute Gasteiger partial charge is 0.109 e. The van der Waals surface area contributed by atoms with Crippen molar-refractivity contribution in [2.45, 2.75) is 44.2 Å². The van der Waals surface area contributed by atoms with Crippen LogP contribution in [0.1, 0.15) is 48.7 Å². The van der Waals surface area contributed by atoms with Gasteiger partial charge in [-0.15, -0.1) is 11.3 Å². The first-order valence-corrected chi connectivity index (χ1v) is 8.43. The lowest BCUT2D eigenvalue weighted by atomic mass is 9.75. The zero-order chi connectivity index (χ0) is 13.9. The molecular weight excluding hydrogens is 288 g/mol. The van der Waals surface area contributed by atoms with Gasteiger partial charge in [0.1, 0.15) is 5.01 Å². The first kappa shape index (κ1) is 14.1. The summed E-state index contributed by atoms with van der Waals surface area (Å²) in [4.78, 5) is 4.43. The minimum Gasteiger partial charge on any atom is -0.305 e. The van der Waals surface area contributed by atoms with Crippen molar-refractivity contribution < 1.29 is 0 Å². The number of benzene rings is 1. The first-order valence-electron chi connectivity index (χ1n) is 7.17. The number of nitrogens with zero attached hydrogens (tertiary/aromatic N) is 1. The second kappa shape index (κ2) is 6.25. The third-order valence-electron chi connectivity index (χ3n) is 4.07. The number of aromatic nitrogens is 1. The minimum absolute atomic E-state index is 0.408. The third kappa shape index (κ3) is 3.05. The van der Waals surface area contributed by atoms with Crippen molar-refractivity contribution in [3.05, 3.63) is 51.4 Å². The van der Waals surface area contributed by atoms with Crippen molar-refractivity contribution in [1.82, 2.24) is 10.3 Å². The van der Waals surface area contributed by atoms with Crippen molar-refractivity contribution in [3.63, 3.8) is 0 Å². The fraction of sp³-hybridized carbons (Fsp3) is 0.438. The van der Waals surface area contributed by atoms with Gasteiger partial charge < -0.3 is 5.32 Å². The summed E-state index contributed by atoms with van der Waals surface area (Å²) < 4.78 is 0. The normalized spacial score (nSPS) is 23.3.